The second kappa shape index (κ2) is 5.31. The predicted molar refractivity (Wildman–Crippen MR) is 81.2 cm³/mol. The first-order chi connectivity index (χ1) is 10.0. The summed E-state index contributed by atoms with van der Waals surface area (Å²) in [5, 5.41) is 4.38. The van der Waals surface area contributed by atoms with Crippen LogP contribution in [0.5, 0.6) is 0 Å². The lowest BCUT2D eigenvalue weighted by atomic mass is 10.1. The van der Waals surface area contributed by atoms with Crippen molar-refractivity contribution in [3.05, 3.63) is 59.7 Å². The van der Waals surface area contributed by atoms with E-state index in [4.69, 9.17) is 4.55 Å². The number of fused-ring (bicyclic) bond motifs is 1. The van der Waals surface area contributed by atoms with Crippen LogP contribution < -0.4 is 5.43 Å². The summed E-state index contributed by atoms with van der Waals surface area (Å²) < 4.78 is 30.8. The zero-order chi connectivity index (χ0) is 14.9. The van der Waals surface area contributed by atoms with Crippen LogP contribution in [0.4, 0.5) is 5.69 Å². The number of nitrogens with zero attached hydrogens (tertiary/aromatic N) is 1. The van der Waals surface area contributed by atoms with E-state index < -0.39 is 10.1 Å². The standard InChI is InChI=1S/C15H14N2O3S/c18-21(19,20)13-8-6-12(7-9-13)16-17-15-10-5-11-3-1-2-4-14(11)15/h1-4,6-9,16H,5,10H2,(H,18,19,20)/b17-15-. The highest BCUT2D eigenvalue weighted by Crippen LogP contribution is 2.22. The zero-order valence-corrected chi connectivity index (χ0v) is 12.0. The number of benzene rings is 2. The van der Waals surface area contributed by atoms with Crippen LogP contribution >= 0.6 is 0 Å². The van der Waals surface area contributed by atoms with Gasteiger partial charge < -0.3 is 0 Å². The molecule has 6 heteroatoms. The fourth-order valence-electron chi connectivity index (χ4n) is 2.36. The molecule has 21 heavy (non-hydrogen) atoms. The summed E-state index contributed by atoms with van der Waals surface area (Å²) >= 11 is 0. The third kappa shape index (κ3) is 2.96. The molecule has 108 valence electrons. The molecule has 0 radical (unpaired) electrons. The molecule has 0 saturated heterocycles. The predicted octanol–water partition coefficient (Wildman–Crippen LogP) is 2.70. The maximum atomic E-state index is 11.0. The summed E-state index contributed by atoms with van der Waals surface area (Å²) in [4.78, 5) is -0.132. The summed E-state index contributed by atoms with van der Waals surface area (Å²) in [5.41, 5.74) is 7.02. The second-order valence-corrected chi connectivity index (χ2v) is 6.25. The lowest BCUT2D eigenvalue weighted by Gasteiger charge is -2.04. The maximum Gasteiger partial charge on any atom is 0.294 e. The van der Waals surface area contributed by atoms with Crippen LogP contribution in [0.25, 0.3) is 0 Å². The number of rotatable bonds is 3. The highest BCUT2D eigenvalue weighted by molar-refractivity contribution is 7.85. The van der Waals surface area contributed by atoms with Crippen LogP contribution in [-0.2, 0) is 16.5 Å². The minimum absolute atomic E-state index is 0.132. The van der Waals surface area contributed by atoms with E-state index in [0.29, 0.717) is 5.69 Å². The number of hydrogen-bond donors (Lipinski definition) is 2. The molecule has 0 spiro atoms. The lowest BCUT2D eigenvalue weighted by Crippen LogP contribution is -2.01. The summed E-state index contributed by atoms with van der Waals surface area (Å²) in [6.45, 7) is 0. The first kappa shape index (κ1) is 13.8. The van der Waals surface area contributed by atoms with Crippen molar-refractivity contribution >= 4 is 21.5 Å². The lowest BCUT2D eigenvalue weighted by molar-refractivity contribution is 0.483. The zero-order valence-electron chi connectivity index (χ0n) is 11.2. The Hall–Kier alpha value is -2.18. The molecular weight excluding hydrogens is 288 g/mol. The summed E-state index contributed by atoms with van der Waals surface area (Å²) in [6.07, 6.45) is 1.87. The van der Waals surface area contributed by atoms with Gasteiger partial charge in [0.05, 0.1) is 16.3 Å². The van der Waals surface area contributed by atoms with Crippen molar-refractivity contribution in [3.8, 4) is 0 Å². The number of hydrogen-bond acceptors (Lipinski definition) is 4. The molecule has 0 aromatic heterocycles. The van der Waals surface area contributed by atoms with Crippen LogP contribution in [0, 0.1) is 0 Å². The molecule has 1 aliphatic carbocycles. The van der Waals surface area contributed by atoms with Crippen molar-refractivity contribution < 1.29 is 13.0 Å². The monoisotopic (exact) mass is 302 g/mol. The van der Waals surface area contributed by atoms with E-state index >= 15 is 0 Å². The Labute approximate surface area is 123 Å². The fourth-order valence-corrected chi connectivity index (χ4v) is 2.84. The first-order valence-electron chi connectivity index (χ1n) is 6.52. The van der Waals surface area contributed by atoms with Gasteiger partial charge in [0, 0.05) is 5.56 Å². The molecule has 0 fully saturated rings. The van der Waals surface area contributed by atoms with Crippen molar-refractivity contribution in [1.29, 1.82) is 0 Å². The molecule has 0 saturated carbocycles. The number of hydrazone groups is 1. The molecule has 0 amide bonds. The highest BCUT2D eigenvalue weighted by Gasteiger charge is 2.16. The van der Waals surface area contributed by atoms with Gasteiger partial charge in [-0.2, -0.15) is 13.5 Å². The van der Waals surface area contributed by atoms with Crippen molar-refractivity contribution in [2.45, 2.75) is 17.7 Å². The number of nitrogens with one attached hydrogen (secondary N) is 1. The molecule has 3 rings (SSSR count). The molecule has 0 bridgehead atoms. The number of aryl methyl sites for hydroxylation is 1. The van der Waals surface area contributed by atoms with E-state index in [1.165, 1.54) is 17.7 Å². The van der Waals surface area contributed by atoms with Crippen LogP contribution in [0.1, 0.15) is 17.5 Å². The van der Waals surface area contributed by atoms with Crippen molar-refractivity contribution in [2.24, 2.45) is 5.10 Å². The van der Waals surface area contributed by atoms with Gasteiger partial charge in [-0.1, -0.05) is 24.3 Å². The van der Waals surface area contributed by atoms with E-state index in [0.717, 1.165) is 24.1 Å². The van der Waals surface area contributed by atoms with Gasteiger partial charge in [0.1, 0.15) is 0 Å². The summed E-state index contributed by atoms with van der Waals surface area (Å²) in [6, 6.07) is 13.9. The van der Waals surface area contributed by atoms with Gasteiger partial charge in [-0.25, -0.2) is 0 Å². The molecule has 5 nitrogen and oxygen atoms in total. The van der Waals surface area contributed by atoms with E-state index in [2.05, 4.69) is 16.6 Å². The maximum absolute atomic E-state index is 11.0. The Balaban J connectivity index is 1.78. The second-order valence-electron chi connectivity index (χ2n) is 4.83. The van der Waals surface area contributed by atoms with E-state index in [-0.39, 0.29) is 4.90 Å². The Bertz CT molecular complexity index is 796. The van der Waals surface area contributed by atoms with Gasteiger partial charge >= 0.3 is 0 Å². The summed E-state index contributed by atoms with van der Waals surface area (Å²) in [5.74, 6) is 0. The Morgan fingerprint density at radius 2 is 1.71 bits per heavy atom. The van der Waals surface area contributed by atoms with Crippen LogP contribution in [0.3, 0.4) is 0 Å². The van der Waals surface area contributed by atoms with Crippen molar-refractivity contribution in [1.82, 2.24) is 0 Å². The van der Waals surface area contributed by atoms with Gasteiger partial charge in [0.2, 0.25) is 0 Å². The van der Waals surface area contributed by atoms with E-state index in [1.54, 1.807) is 12.1 Å². The Kier molecular flexibility index (Phi) is 3.48. The molecule has 0 heterocycles. The molecule has 0 atom stereocenters. The minimum atomic E-state index is -4.15. The van der Waals surface area contributed by atoms with E-state index in [1.807, 2.05) is 18.2 Å². The average molecular weight is 302 g/mol. The Morgan fingerprint density at radius 1 is 1.00 bits per heavy atom. The van der Waals surface area contributed by atoms with Crippen molar-refractivity contribution in [2.75, 3.05) is 5.43 Å². The molecule has 1 aliphatic rings. The molecule has 0 unspecified atom stereocenters. The van der Waals surface area contributed by atoms with Gasteiger partial charge in [0.15, 0.2) is 0 Å². The Morgan fingerprint density at radius 3 is 2.43 bits per heavy atom. The van der Waals surface area contributed by atoms with Crippen LogP contribution in [0.2, 0.25) is 0 Å². The molecule has 2 N–H and O–H groups in total. The fraction of sp³-hybridized carbons (Fsp3) is 0.133. The third-order valence-electron chi connectivity index (χ3n) is 3.43. The van der Waals surface area contributed by atoms with E-state index in [9.17, 15) is 8.42 Å². The molecule has 2 aromatic carbocycles. The van der Waals surface area contributed by atoms with Gasteiger partial charge in [-0.15, -0.1) is 0 Å². The van der Waals surface area contributed by atoms with Gasteiger partial charge in [0.25, 0.3) is 10.1 Å². The normalized spacial score (nSPS) is 16.0. The molecule has 0 aliphatic heterocycles. The SMILES string of the molecule is O=S(=O)(O)c1ccc(N/N=C2/CCc3ccccc32)cc1. The average Bonchev–Trinajstić information content (AvgIpc) is 2.88. The molecular formula is C15H14N2O3S. The minimum Gasteiger partial charge on any atom is -0.282 e. The number of anilines is 1. The molecule has 2 aromatic rings. The largest absolute Gasteiger partial charge is 0.294 e. The third-order valence-corrected chi connectivity index (χ3v) is 4.30. The quantitative estimate of drug-likeness (QED) is 0.675. The van der Waals surface area contributed by atoms with Gasteiger partial charge in [-0.05, 0) is 42.7 Å². The topological polar surface area (TPSA) is 78.8 Å². The smallest absolute Gasteiger partial charge is 0.282 e. The van der Waals surface area contributed by atoms with Crippen LogP contribution in [0.15, 0.2) is 58.5 Å². The highest BCUT2D eigenvalue weighted by atomic mass is 32.2. The summed E-state index contributed by atoms with van der Waals surface area (Å²) in [7, 11) is -4.15. The first-order valence-corrected chi connectivity index (χ1v) is 7.96. The van der Waals surface area contributed by atoms with Gasteiger partial charge in [-0.3, -0.25) is 9.98 Å². The van der Waals surface area contributed by atoms with Crippen molar-refractivity contribution in [3.63, 3.8) is 0 Å². The van der Waals surface area contributed by atoms with Crippen LogP contribution in [-0.4, -0.2) is 18.7 Å².